The lowest BCUT2D eigenvalue weighted by atomic mass is 9.96. The van der Waals surface area contributed by atoms with E-state index in [0.29, 0.717) is 39.6 Å². The van der Waals surface area contributed by atoms with Gasteiger partial charge in [-0.05, 0) is 97.1 Å². The van der Waals surface area contributed by atoms with Gasteiger partial charge in [-0.1, -0.05) is 60.8 Å². The fraction of sp³-hybridized carbons (Fsp3) is 0.200. The minimum Gasteiger partial charge on any atom is -0.494 e. The van der Waals surface area contributed by atoms with E-state index in [2.05, 4.69) is 24.3 Å². The van der Waals surface area contributed by atoms with Crippen molar-refractivity contribution in [2.75, 3.05) is 18.5 Å². The van der Waals surface area contributed by atoms with Gasteiger partial charge in [-0.3, -0.25) is 9.59 Å². The third-order valence-corrected chi connectivity index (χ3v) is 7.91. The first-order valence-electron chi connectivity index (χ1n) is 14.6. The lowest BCUT2D eigenvalue weighted by Crippen LogP contribution is -2.21. The second-order valence-corrected chi connectivity index (χ2v) is 12.0. The predicted octanol–water partition coefficient (Wildman–Crippen LogP) is 8.75. The van der Waals surface area contributed by atoms with Gasteiger partial charge in [-0.25, -0.2) is 4.98 Å². The van der Waals surface area contributed by atoms with Gasteiger partial charge in [0.05, 0.1) is 33.8 Å². The van der Waals surface area contributed by atoms with E-state index < -0.39 is 5.91 Å². The molecule has 8 nitrogen and oxygen atoms in total. The third kappa shape index (κ3) is 7.36. The quantitative estimate of drug-likeness (QED) is 0.149. The molecular weight excluding hydrogens is 647 g/mol. The first kappa shape index (κ1) is 33.0. The number of halogens is 3. The summed E-state index contributed by atoms with van der Waals surface area (Å²) in [6, 6.07) is 21.0. The third-order valence-electron chi connectivity index (χ3n) is 7.09. The van der Waals surface area contributed by atoms with Crippen LogP contribution in [-0.2, 0) is 4.79 Å². The number of aryl methyl sites for hydroxylation is 1. The monoisotopic (exact) mass is 676 g/mol. The zero-order valence-corrected chi connectivity index (χ0v) is 27.9. The van der Waals surface area contributed by atoms with Crippen molar-refractivity contribution in [1.29, 1.82) is 0 Å². The van der Waals surface area contributed by atoms with Crippen LogP contribution in [0.3, 0.4) is 0 Å². The SMILES string of the molecule is CCOc1cc(C)c(-c2nc3ccccc3c(=O)n2N=Cc2cc(Cl)c(OCC(=O)Nc3ccc(Cl)cc3)c(Cl)c2)cc1C(C)C. The number of para-hydroxylation sites is 1. The normalized spacial score (nSPS) is 11.4. The number of anilines is 1. The summed E-state index contributed by atoms with van der Waals surface area (Å²) < 4.78 is 12.8. The van der Waals surface area contributed by atoms with Gasteiger partial charge in [-0.15, -0.1) is 0 Å². The Hall–Kier alpha value is -4.37. The predicted molar refractivity (Wildman–Crippen MR) is 186 cm³/mol. The van der Waals surface area contributed by atoms with Crippen molar-refractivity contribution in [3.8, 4) is 22.9 Å². The van der Waals surface area contributed by atoms with Crippen LogP contribution in [0.25, 0.3) is 22.3 Å². The molecular formula is C35H31Cl3N4O4. The van der Waals surface area contributed by atoms with Gasteiger partial charge < -0.3 is 14.8 Å². The molecule has 0 bridgehead atoms. The zero-order valence-electron chi connectivity index (χ0n) is 25.6. The molecule has 0 aliphatic carbocycles. The topological polar surface area (TPSA) is 94.8 Å². The van der Waals surface area contributed by atoms with Crippen molar-refractivity contribution in [2.24, 2.45) is 5.10 Å². The second kappa shape index (κ2) is 14.4. The van der Waals surface area contributed by atoms with E-state index >= 15 is 0 Å². The standard InChI is InChI=1S/C35H31Cl3N4O4/c1-5-45-31-14-21(4)27(17-26(31)20(2)3)34-41-30-9-7-6-8-25(30)35(44)42(34)39-18-22-15-28(37)33(29(38)16-22)46-19-32(43)40-24-12-10-23(36)11-13-24/h6-18,20H,5,19H2,1-4H3,(H,40,43). The smallest absolute Gasteiger partial charge is 0.282 e. The van der Waals surface area contributed by atoms with Crippen molar-refractivity contribution in [1.82, 2.24) is 9.66 Å². The first-order valence-corrected chi connectivity index (χ1v) is 15.7. The van der Waals surface area contributed by atoms with E-state index in [1.165, 1.54) is 10.9 Å². The number of amides is 1. The molecule has 1 amide bonds. The molecule has 0 radical (unpaired) electrons. The highest BCUT2D eigenvalue weighted by atomic mass is 35.5. The number of fused-ring (bicyclic) bond motifs is 1. The molecule has 0 aliphatic rings. The molecule has 1 N–H and O–H groups in total. The number of hydrogen-bond donors (Lipinski definition) is 1. The average Bonchev–Trinajstić information content (AvgIpc) is 3.01. The van der Waals surface area contributed by atoms with Crippen LogP contribution in [0.2, 0.25) is 15.1 Å². The van der Waals surface area contributed by atoms with Crippen molar-refractivity contribution in [2.45, 2.75) is 33.6 Å². The lowest BCUT2D eigenvalue weighted by molar-refractivity contribution is -0.118. The summed E-state index contributed by atoms with van der Waals surface area (Å²) in [6.45, 7) is 8.28. The van der Waals surface area contributed by atoms with E-state index in [-0.39, 0.29) is 33.9 Å². The molecule has 1 aromatic heterocycles. The molecule has 11 heteroatoms. The average molecular weight is 678 g/mol. The van der Waals surface area contributed by atoms with E-state index in [9.17, 15) is 9.59 Å². The lowest BCUT2D eigenvalue weighted by Gasteiger charge is -2.18. The molecule has 0 unspecified atom stereocenters. The summed E-state index contributed by atoms with van der Waals surface area (Å²) in [5.74, 6) is 1.08. The van der Waals surface area contributed by atoms with E-state index in [1.54, 1.807) is 54.6 Å². The molecule has 236 valence electrons. The van der Waals surface area contributed by atoms with Crippen LogP contribution in [0.15, 0.2) is 82.7 Å². The molecule has 0 fully saturated rings. The molecule has 0 saturated carbocycles. The summed E-state index contributed by atoms with van der Waals surface area (Å²) in [5.41, 5.74) is 3.93. The van der Waals surface area contributed by atoms with Crippen LogP contribution in [0.1, 0.15) is 43.4 Å². The minimum atomic E-state index is -0.402. The van der Waals surface area contributed by atoms with E-state index in [1.807, 2.05) is 32.0 Å². The van der Waals surface area contributed by atoms with Gasteiger partial charge >= 0.3 is 0 Å². The van der Waals surface area contributed by atoms with E-state index in [0.717, 1.165) is 22.4 Å². The van der Waals surface area contributed by atoms with Crippen molar-refractivity contribution in [3.05, 3.63) is 115 Å². The second-order valence-electron chi connectivity index (χ2n) is 10.8. The Morgan fingerprint density at radius 2 is 1.70 bits per heavy atom. The zero-order chi connectivity index (χ0) is 33.0. The molecule has 5 rings (SSSR count). The Morgan fingerprint density at radius 1 is 1.00 bits per heavy atom. The number of ether oxygens (including phenoxy) is 2. The summed E-state index contributed by atoms with van der Waals surface area (Å²) in [7, 11) is 0. The number of rotatable bonds is 10. The summed E-state index contributed by atoms with van der Waals surface area (Å²) in [6.07, 6.45) is 1.48. The molecule has 1 heterocycles. The molecule has 0 aliphatic heterocycles. The van der Waals surface area contributed by atoms with Gasteiger partial charge in [0.25, 0.3) is 11.5 Å². The maximum atomic E-state index is 13.8. The van der Waals surface area contributed by atoms with E-state index in [4.69, 9.17) is 49.3 Å². The summed E-state index contributed by atoms with van der Waals surface area (Å²) >= 11 is 18.9. The maximum Gasteiger partial charge on any atom is 0.282 e. The number of carbonyl (C=O) groups excluding carboxylic acids is 1. The highest BCUT2D eigenvalue weighted by Crippen LogP contribution is 2.35. The number of nitrogens with one attached hydrogen (secondary N) is 1. The number of hydrogen-bond acceptors (Lipinski definition) is 6. The van der Waals surface area contributed by atoms with Crippen LogP contribution in [-0.4, -0.2) is 35.0 Å². The Kier molecular flexibility index (Phi) is 10.3. The molecule has 0 spiro atoms. The highest BCUT2D eigenvalue weighted by molar-refractivity contribution is 6.37. The molecule has 0 saturated heterocycles. The van der Waals surface area contributed by atoms with Crippen molar-refractivity contribution >= 4 is 63.5 Å². The fourth-order valence-corrected chi connectivity index (χ4v) is 5.60. The maximum absolute atomic E-state index is 13.8. The van der Waals surface area contributed by atoms with Crippen LogP contribution in [0, 0.1) is 6.92 Å². The van der Waals surface area contributed by atoms with Gasteiger partial charge in [0, 0.05) is 16.3 Å². The molecule has 0 atom stereocenters. The summed E-state index contributed by atoms with van der Waals surface area (Å²) in [5, 5.41) is 8.60. The number of nitrogens with zero attached hydrogens (tertiary/aromatic N) is 3. The van der Waals surface area contributed by atoms with Crippen LogP contribution in [0.5, 0.6) is 11.5 Å². The number of aromatic nitrogens is 2. The number of carbonyl (C=O) groups is 1. The highest BCUT2D eigenvalue weighted by Gasteiger charge is 2.19. The van der Waals surface area contributed by atoms with Gasteiger partial charge in [0.15, 0.2) is 18.2 Å². The van der Waals surface area contributed by atoms with Gasteiger partial charge in [-0.2, -0.15) is 9.78 Å². The van der Waals surface area contributed by atoms with Crippen molar-refractivity contribution in [3.63, 3.8) is 0 Å². The Labute approximate surface area is 281 Å². The molecule has 46 heavy (non-hydrogen) atoms. The van der Waals surface area contributed by atoms with Crippen LogP contribution in [0.4, 0.5) is 5.69 Å². The Morgan fingerprint density at radius 3 is 2.37 bits per heavy atom. The fourth-order valence-electron chi connectivity index (χ4n) is 4.86. The van der Waals surface area contributed by atoms with Crippen molar-refractivity contribution < 1.29 is 14.3 Å². The van der Waals surface area contributed by atoms with Gasteiger partial charge in [0.1, 0.15) is 5.75 Å². The molecule has 4 aromatic carbocycles. The van der Waals surface area contributed by atoms with Crippen LogP contribution >= 0.6 is 34.8 Å². The Balaban J connectivity index is 1.48. The number of benzene rings is 4. The first-order chi connectivity index (χ1) is 22.0. The van der Waals surface area contributed by atoms with Gasteiger partial charge in [0.2, 0.25) is 0 Å². The summed E-state index contributed by atoms with van der Waals surface area (Å²) in [4.78, 5) is 31.1. The molecule has 5 aromatic rings. The van der Waals surface area contributed by atoms with Crippen LogP contribution < -0.4 is 20.3 Å². The Bertz CT molecular complexity index is 1980. The largest absolute Gasteiger partial charge is 0.494 e. The minimum absolute atomic E-state index is 0.142.